The highest BCUT2D eigenvalue weighted by Gasteiger charge is 2.10. The number of aryl methyl sites for hydroxylation is 1. The van der Waals surface area contributed by atoms with Gasteiger partial charge in [-0.2, -0.15) is 0 Å². The van der Waals surface area contributed by atoms with Gasteiger partial charge < -0.3 is 9.73 Å². The Balaban J connectivity index is 2.32. The van der Waals surface area contributed by atoms with E-state index in [1.165, 1.54) is 16.5 Å². The fourth-order valence-electron chi connectivity index (χ4n) is 1.84. The van der Waals surface area contributed by atoms with Crippen LogP contribution in [0.25, 0.3) is 17.4 Å². The Morgan fingerprint density at radius 2 is 2.14 bits per heavy atom. The van der Waals surface area contributed by atoms with Crippen molar-refractivity contribution in [1.29, 1.82) is 0 Å². The van der Waals surface area contributed by atoms with Gasteiger partial charge in [-0.05, 0) is 36.8 Å². The molecule has 114 valence electrons. The molecule has 1 aromatic carbocycles. The number of rotatable bonds is 5. The molecular formula is C16H14BrNO2S2. The quantitative estimate of drug-likeness (QED) is 0.583. The highest BCUT2D eigenvalue weighted by molar-refractivity contribution is 9.10. The van der Waals surface area contributed by atoms with Crippen molar-refractivity contribution in [2.45, 2.75) is 6.92 Å². The number of benzene rings is 1. The van der Waals surface area contributed by atoms with Gasteiger partial charge in [0.1, 0.15) is 11.5 Å². The zero-order chi connectivity index (χ0) is 16.1. The summed E-state index contributed by atoms with van der Waals surface area (Å²) in [7, 11) is 1.58. The Hall–Kier alpha value is -1.37. The summed E-state index contributed by atoms with van der Waals surface area (Å²) in [6.45, 7) is 2.02. The second kappa shape index (κ2) is 7.76. The van der Waals surface area contributed by atoms with E-state index in [-0.39, 0.29) is 5.91 Å². The second-order valence-corrected chi connectivity index (χ2v) is 6.77. The molecule has 0 unspecified atom stereocenters. The maximum atomic E-state index is 11.8. The average Bonchev–Trinajstić information content (AvgIpc) is 2.97. The van der Waals surface area contributed by atoms with Crippen molar-refractivity contribution in [3.8, 4) is 11.3 Å². The van der Waals surface area contributed by atoms with Crippen LogP contribution in [0.15, 0.2) is 44.1 Å². The summed E-state index contributed by atoms with van der Waals surface area (Å²) in [6.07, 6.45) is 1.68. The van der Waals surface area contributed by atoms with Gasteiger partial charge in [-0.15, -0.1) is 0 Å². The van der Waals surface area contributed by atoms with Crippen LogP contribution in [0.2, 0.25) is 0 Å². The predicted octanol–water partition coefficient (Wildman–Crippen LogP) is 4.79. The Morgan fingerprint density at radius 1 is 1.36 bits per heavy atom. The van der Waals surface area contributed by atoms with E-state index < -0.39 is 0 Å². The SMILES string of the molecule is CNC(=O)/C(=C/c1ccc(-c2ccc(Br)c(C)c2)o1)SC=S. The van der Waals surface area contributed by atoms with E-state index in [1.807, 2.05) is 37.3 Å². The number of carbonyl (C=O) groups excluding carboxylic acids is 1. The van der Waals surface area contributed by atoms with Crippen molar-refractivity contribution in [3.05, 3.63) is 51.0 Å². The monoisotopic (exact) mass is 395 g/mol. The lowest BCUT2D eigenvalue weighted by Gasteiger charge is -2.02. The Labute approximate surface area is 147 Å². The van der Waals surface area contributed by atoms with Crippen molar-refractivity contribution < 1.29 is 9.21 Å². The molecule has 0 aliphatic carbocycles. The summed E-state index contributed by atoms with van der Waals surface area (Å²) in [5, 5.41) is 2.58. The Morgan fingerprint density at radius 3 is 2.77 bits per heavy atom. The average molecular weight is 396 g/mol. The summed E-state index contributed by atoms with van der Waals surface area (Å²) in [4.78, 5) is 12.2. The van der Waals surface area contributed by atoms with Gasteiger partial charge in [-0.3, -0.25) is 4.79 Å². The topological polar surface area (TPSA) is 42.2 Å². The number of furan rings is 1. The fraction of sp³-hybridized carbons (Fsp3) is 0.125. The van der Waals surface area contributed by atoms with Crippen molar-refractivity contribution in [2.75, 3.05) is 7.05 Å². The number of halogens is 1. The first kappa shape index (κ1) is 17.0. The Kier molecular flexibility index (Phi) is 5.99. The minimum absolute atomic E-state index is 0.191. The van der Waals surface area contributed by atoms with E-state index in [9.17, 15) is 4.79 Å². The van der Waals surface area contributed by atoms with Gasteiger partial charge in [0.25, 0.3) is 5.91 Å². The van der Waals surface area contributed by atoms with Gasteiger partial charge in [-0.1, -0.05) is 46.0 Å². The molecular weight excluding hydrogens is 382 g/mol. The van der Waals surface area contributed by atoms with Crippen molar-refractivity contribution in [2.24, 2.45) is 0 Å². The van der Waals surface area contributed by atoms with Crippen molar-refractivity contribution in [1.82, 2.24) is 5.32 Å². The molecule has 1 heterocycles. The molecule has 0 saturated heterocycles. The third-order valence-corrected chi connectivity index (χ3v) is 4.80. The van der Waals surface area contributed by atoms with E-state index >= 15 is 0 Å². The Bertz CT molecular complexity index is 737. The smallest absolute Gasteiger partial charge is 0.257 e. The van der Waals surface area contributed by atoms with E-state index in [4.69, 9.17) is 16.6 Å². The fourth-order valence-corrected chi connectivity index (χ4v) is 2.90. The molecule has 6 heteroatoms. The van der Waals surface area contributed by atoms with Gasteiger partial charge >= 0.3 is 0 Å². The van der Waals surface area contributed by atoms with E-state index in [0.717, 1.165) is 21.4 Å². The zero-order valence-electron chi connectivity index (χ0n) is 12.1. The molecule has 0 aliphatic heterocycles. The van der Waals surface area contributed by atoms with Gasteiger partial charge in [0.05, 0.1) is 4.91 Å². The summed E-state index contributed by atoms with van der Waals surface area (Å²) in [6, 6.07) is 9.73. The molecule has 0 spiro atoms. The van der Waals surface area contributed by atoms with Crippen LogP contribution >= 0.6 is 39.9 Å². The predicted molar refractivity (Wildman–Crippen MR) is 99.9 cm³/mol. The van der Waals surface area contributed by atoms with Gasteiger partial charge in [0, 0.05) is 27.9 Å². The van der Waals surface area contributed by atoms with Crippen LogP contribution in [0, 0.1) is 6.92 Å². The molecule has 0 fully saturated rings. The van der Waals surface area contributed by atoms with Crippen LogP contribution in [0.3, 0.4) is 0 Å². The third kappa shape index (κ3) is 4.09. The molecule has 1 amide bonds. The van der Waals surface area contributed by atoms with Crippen LogP contribution in [0.4, 0.5) is 0 Å². The number of carbonyl (C=O) groups is 1. The van der Waals surface area contributed by atoms with Crippen molar-refractivity contribution >= 4 is 56.6 Å². The number of nitrogens with one attached hydrogen (secondary N) is 1. The maximum Gasteiger partial charge on any atom is 0.257 e. The second-order valence-electron chi connectivity index (χ2n) is 4.47. The number of amides is 1. The molecule has 0 bridgehead atoms. The third-order valence-electron chi connectivity index (χ3n) is 2.97. The molecule has 2 rings (SSSR count). The summed E-state index contributed by atoms with van der Waals surface area (Å²) < 4.78 is 8.31. The normalized spacial score (nSPS) is 11.3. The lowest BCUT2D eigenvalue weighted by Crippen LogP contribution is -2.18. The highest BCUT2D eigenvalue weighted by Crippen LogP contribution is 2.28. The molecule has 3 nitrogen and oxygen atoms in total. The van der Waals surface area contributed by atoms with Gasteiger partial charge in [0.15, 0.2) is 0 Å². The summed E-state index contributed by atoms with van der Waals surface area (Å²) in [5.41, 5.74) is 2.12. The summed E-state index contributed by atoms with van der Waals surface area (Å²) in [5.74, 6) is 1.17. The molecule has 22 heavy (non-hydrogen) atoms. The number of hydrogen-bond donors (Lipinski definition) is 1. The van der Waals surface area contributed by atoms with Gasteiger partial charge in [-0.25, -0.2) is 0 Å². The van der Waals surface area contributed by atoms with Crippen LogP contribution < -0.4 is 5.32 Å². The molecule has 1 N–H and O–H groups in total. The minimum atomic E-state index is -0.191. The lowest BCUT2D eigenvalue weighted by molar-refractivity contribution is -0.116. The zero-order valence-corrected chi connectivity index (χ0v) is 15.3. The van der Waals surface area contributed by atoms with E-state index in [1.54, 1.807) is 13.1 Å². The highest BCUT2D eigenvalue weighted by atomic mass is 79.9. The molecule has 0 radical (unpaired) electrons. The molecule has 2 aromatic rings. The van der Waals surface area contributed by atoms with Crippen molar-refractivity contribution in [3.63, 3.8) is 0 Å². The summed E-state index contributed by atoms with van der Waals surface area (Å²) >= 11 is 9.47. The molecule has 0 atom stereocenters. The van der Waals surface area contributed by atoms with Crippen LogP contribution in [-0.4, -0.2) is 17.7 Å². The van der Waals surface area contributed by atoms with Crippen LogP contribution in [-0.2, 0) is 4.79 Å². The van der Waals surface area contributed by atoms with E-state index in [2.05, 4.69) is 21.2 Å². The lowest BCUT2D eigenvalue weighted by atomic mass is 10.1. The maximum absolute atomic E-state index is 11.8. The number of likely N-dealkylation sites (N-methyl/N-ethyl adjacent to an activating group) is 1. The minimum Gasteiger partial charge on any atom is -0.457 e. The first-order valence-corrected chi connectivity index (χ1v) is 8.60. The first-order chi connectivity index (χ1) is 10.5. The first-order valence-electron chi connectivity index (χ1n) is 6.45. The van der Waals surface area contributed by atoms with Gasteiger partial charge in [0.2, 0.25) is 0 Å². The number of hydrogen-bond acceptors (Lipinski definition) is 4. The standard InChI is InChI=1S/C16H14BrNO2S2/c1-10-7-11(3-5-13(10)17)14-6-4-12(20-14)8-15(22-9-21)16(19)18-2/h3-9H,1-2H3,(H,18,19)/b15-8-. The largest absolute Gasteiger partial charge is 0.457 e. The molecule has 1 aromatic heterocycles. The van der Waals surface area contributed by atoms with E-state index in [0.29, 0.717) is 10.7 Å². The molecule has 0 aliphatic rings. The number of thioether (sulfide) groups is 1. The van der Waals surface area contributed by atoms with Crippen LogP contribution in [0.5, 0.6) is 0 Å². The molecule has 0 saturated carbocycles. The number of thiocarbonyl (C=S) groups is 1. The van der Waals surface area contributed by atoms with Crippen LogP contribution in [0.1, 0.15) is 11.3 Å².